The Morgan fingerprint density at radius 3 is 2.77 bits per heavy atom. The summed E-state index contributed by atoms with van der Waals surface area (Å²) in [4.78, 5) is 8.14. The minimum atomic E-state index is -0.135. The molecule has 0 aliphatic carbocycles. The third-order valence-electron chi connectivity index (χ3n) is 5.85. The predicted molar refractivity (Wildman–Crippen MR) is 122 cm³/mol. The summed E-state index contributed by atoms with van der Waals surface area (Å²) in [6, 6.07) is 21.6. The molecule has 0 saturated heterocycles. The minimum Gasteiger partial charge on any atom is -0.339 e. The van der Waals surface area contributed by atoms with E-state index in [4.69, 9.17) is 4.98 Å². The van der Waals surface area contributed by atoms with Gasteiger partial charge < -0.3 is 4.90 Å². The fourth-order valence-corrected chi connectivity index (χ4v) is 5.26. The first kappa shape index (κ1) is 18.4. The van der Waals surface area contributed by atoms with Crippen molar-refractivity contribution in [3.05, 3.63) is 95.4 Å². The van der Waals surface area contributed by atoms with Gasteiger partial charge in [0.1, 0.15) is 5.82 Å². The first-order valence-electron chi connectivity index (χ1n) is 10.2. The number of halogens is 1. The van der Waals surface area contributed by atoms with Crippen molar-refractivity contribution in [3.63, 3.8) is 0 Å². The Hall–Kier alpha value is -3.38. The highest BCUT2D eigenvalue weighted by molar-refractivity contribution is 7.99. The molecule has 0 spiro atoms. The molecule has 6 rings (SSSR count). The van der Waals surface area contributed by atoms with Gasteiger partial charge >= 0.3 is 0 Å². The van der Waals surface area contributed by atoms with Crippen molar-refractivity contribution in [3.8, 4) is 22.8 Å². The molecule has 31 heavy (non-hydrogen) atoms. The molecular weight excluding hydrogens is 407 g/mol. The van der Waals surface area contributed by atoms with E-state index >= 15 is 0 Å². The van der Waals surface area contributed by atoms with Crippen molar-refractivity contribution in [2.45, 2.75) is 17.9 Å². The summed E-state index contributed by atoms with van der Waals surface area (Å²) in [5.74, 6) is 2.16. The zero-order valence-corrected chi connectivity index (χ0v) is 17.5. The normalized spacial score (nSPS) is 14.9. The van der Waals surface area contributed by atoms with E-state index in [1.54, 1.807) is 12.1 Å². The number of rotatable bonds is 2. The highest BCUT2D eigenvalue weighted by Gasteiger charge is 2.26. The summed E-state index contributed by atoms with van der Waals surface area (Å²) in [5, 5.41) is 7.49. The van der Waals surface area contributed by atoms with Gasteiger partial charge in [-0.25, -0.2) is 9.37 Å². The summed E-state index contributed by atoms with van der Waals surface area (Å²) < 4.78 is 14.6. The third kappa shape index (κ3) is 3.24. The molecule has 3 aromatic carbocycles. The number of allylic oxidation sites excluding steroid dienone is 1. The fourth-order valence-electron chi connectivity index (χ4n) is 4.20. The molecule has 152 valence electrons. The second kappa shape index (κ2) is 7.39. The van der Waals surface area contributed by atoms with Crippen molar-refractivity contribution >= 4 is 17.4 Å². The maximum atomic E-state index is 14.6. The molecule has 2 aliphatic rings. The molecule has 0 saturated carbocycles. The van der Waals surface area contributed by atoms with Crippen molar-refractivity contribution in [2.75, 3.05) is 10.7 Å². The van der Waals surface area contributed by atoms with E-state index in [9.17, 15) is 4.39 Å². The number of benzene rings is 3. The van der Waals surface area contributed by atoms with Gasteiger partial charge in [-0.1, -0.05) is 48.5 Å². The molecule has 4 aromatic rings. The second-order valence-electron chi connectivity index (χ2n) is 7.71. The van der Waals surface area contributed by atoms with Gasteiger partial charge in [0, 0.05) is 33.0 Å². The highest BCUT2D eigenvalue weighted by atomic mass is 32.2. The van der Waals surface area contributed by atoms with Gasteiger partial charge in [0.2, 0.25) is 0 Å². The van der Waals surface area contributed by atoms with Gasteiger partial charge in [-0.05, 0) is 36.2 Å². The van der Waals surface area contributed by atoms with E-state index in [1.807, 2.05) is 48.2 Å². The molecule has 3 heterocycles. The SMILES string of the molecule is Fc1cccc2c1CN1C(=CC2)CSc2ccc(-c3n[nH]c(-c4ccccc4)n3)cc21. The van der Waals surface area contributed by atoms with Crippen LogP contribution in [-0.4, -0.2) is 20.9 Å². The molecule has 0 radical (unpaired) electrons. The van der Waals surface area contributed by atoms with Crippen molar-refractivity contribution in [1.82, 2.24) is 15.2 Å². The first-order chi connectivity index (χ1) is 15.3. The topological polar surface area (TPSA) is 44.8 Å². The Balaban J connectivity index is 1.40. The Kier molecular flexibility index (Phi) is 4.39. The minimum absolute atomic E-state index is 0.135. The molecule has 0 atom stereocenters. The van der Waals surface area contributed by atoms with Crippen LogP contribution in [0.3, 0.4) is 0 Å². The van der Waals surface area contributed by atoms with Crippen LogP contribution in [-0.2, 0) is 13.0 Å². The zero-order chi connectivity index (χ0) is 20.8. The number of H-pyrrole nitrogens is 1. The molecule has 0 fully saturated rings. The van der Waals surface area contributed by atoms with Gasteiger partial charge in [-0.2, -0.15) is 5.10 Å². The van der Waals surface area contributed by atoms with E-state index in [-0.39, 0.29) is 5.82 Å². The molecule has 0 unspecified atom stereocenters. The molecule has 4 nitrogen and oxygen atoms in total. The smallest absolute Gasteiger partial charge is 0.181 e. The molecule has 0 amide bonds. The largest absolute Gasteiger partial charge is 0.339 e. The van der Waals surface area contributed by atoms with E-state index in [0.29, 0.717) is 12.4 Å². The van der Waals surface area contributed by atoms with Crippen LogP contribution in [0.15, 0.2) is 83.4 Å². The van der Waals surface area contributed by atoms with Gasteiger partial charge in [0.05, 0.1) is 12.2 Å². The molecule has 2 aliphatic heterocycles. The van der Waals surface area contributed by atoms with Crippen molar-refractivity contribution < 1.29 is 4.39 Å². The number of aromatic amines is 1. The lowest BCUT2D eigenvalue weighted by Gasteiger charge is -2.33. The zero-order valence-electron chi connectivity index (χ0n) is 16.7. The van der Waals surface area contributed by atoms with E-state index in [1.165, 1.54) is 10.6 Å². The average Bonchev–Trinajstić information content (AvgIpc) is 3.22. The lowest BCUT2D eigenvalue weighted by molar-refractivity contribution is 0.606. The molecule has 1 aromatic heterocycles. The van der Waals surface area contributed by atoms with Crippen LogP contribution in [0.5, 0.6) is 0 Å². The van der Waals surface area contributed by atoms with Crippen molar-refractivity contribution in [1.29, 1.82) is 0 Å². The van der Waals surface area contributed by atoms with E-state index in [0.717, 1.165) is 45.9 Å². The molecular formula is C25H19FN4S. The van der Waals surface area contributed by atoms with Crippen LogP contribution >= 0.6 is 11.8 Å². The van der Waals surface area contributed by atoms with Crippen LogP contribution in [0, 0.1) is 5.82 Å². The second-order valence-corrected chi connectivity index (χ2v) is 8.73. The standard InChI is InChI=1S/C25H19FN4S/c26-21-8-4-7-16-9-11-19-15-31-23-12-10-18(13-22(23)30(19)14-20(16)21)25-27-24(28-29-25)17-5-2-1-3-6-17/h1-8,10-13H,9,14-15H2,(H,27,28,29). The highest BCUT2D eigenvalue weighted by Crippen LogP contribution is 2.43. The van der Waals surface area contributed by atoms with Crippen LogP contribution in [0.4, 0.5) is 10.1 Å². The Morgan fingerprint density at radius 2 is 1.87 bits per heavy atom. The monoisotopic (exact) mass is 426 g/mol. The maximum absolute atomic E-state index is 14.6. The Labute approximate surface area is 183 Å². The summed E-state index contributed by atoms with van der Waals surface area (Å²) in [7, 11) is 0. The summed E-state index contributed by atoms with van der Waals surface area (Å²) in [6.07, 6.45) is 2.99. The van der Waals surface area contributed by atoms with Crippen LogP contribution in [0.1, 0.15) is 11.1 Å². The maximum Gasteiger partial charge on any atom is 0.181 e. The Bertz CT molecular complexity index is 1310. The Morgan fingerprint density at radius 1 is 0.968 bits per heavy atom. The quantitative estimate of drug-likeness (QED) is 0.438. The lowest BCUT2D eigenvalue weighted by atomic mass is 10.0. The van der Waals surface area contributed by atoms with Crippen LogP contribution < -0.4 is 4.90 Å². The number of hydrogen-bond acceptors (Lipinski definition) is 4. The number of nitrogens with one attached hydrogen (secondary N) is 1. The van der Waals surface area contributed by atoms with Crippen LogP contribution in [0.25, 0.3) is 22.8 Å². The summed E-state index contributed by atoms with van der Waals surface area (Å²) in [6.45, 7) is 0.536. The third-order valence-corrected chi connectivity index (χ3v) is 6.95. The van der Waals surface area contributed by atoms with Gasteiger partial charge in [-0.3, -0.25) is 5.10 Å². The fraction of sp³-hybridized carbons (Fsp3) is 0.120. The number of nitrogens with zero attached hydrogens (tertiary/aromatic N) is 3. The van der Waals surface area contributed by atoms with Crippen molar-refractivity contribution in [2.24, 2.45) is 0 Å². The number of aromatic nitrogens is 3. The number of thioether (sulfide) groups is 1. The molecule has 6 heteroatoms. The summed E-state index contributed by atoms with van der Waals surface area (Å²) >= 11 is 1.82. The number of fused-ring (bicyclic) bond motifs is 4. The predicted octanol–water partition coefficient (Wildman–Crippen LogP) is 5.83. The van der Waals surface area contributed by atoms with Gasteiger partial charge in [0.15, 0.2) is 11.6 Å². The average molecular weight is 427 g/mol. The number of hydrogen-bond donors (Lipinski definition) is 1. The number of anilines is 1. The van der Waals surface area contributed by atoms with E-state index in [2.05, 4.69) is 39.4 Å². The lowest BCUT2D eigenvalue weighted by Crippen LogP contribution is -2.26. The van der Waals surface area contributed by atoms with Crippen LogP contribution in [0.2, 0.25) is 0 Å². The first-order valence-corrected chi connectivity index (χ1v) is 11.2. The van der Waals surface area contributed by atoms with Gasteiger partial charge in [-0.15, -0.1) is 11.8 Å². The summed E-state index contributed by atoms with van der Waals surface area (Å²) in [5.41, 5.74) is 6.09. The molecule has 1 N–H and O–H groups in total. The van der Waals surface area contributed by atoms with Gasteiger partial charge in [0.25, 0.3) is 0 Å². The van der Waals surface area contributed by atoms with E-state index < -0.39 is 0 Å². The molecule has 0 bridgehead atoms.